The average Bonchev–Trinajstić information content (AvgIpc) is 3.18. The molecule has 0 bridgehead atoms. The Hall–Kier alpha value is -2.36. The van der Waals surface area contributed by atoms with Gasteiger partial charge in [-0.3, -0.25) is 4.79 Å². The molecule has 2 aromatic heterocycles. The van der Waals surface area contributed by atoms with Gasteiger partial charge in [0.1, 0.15) is 10.8 Å². The maximum atomic E-state index is 12.5. The van der Waals surface area contributed by atoms with Crippen molar-refractivity contribution < 1.29 is 13.2 Å². The Balaban J connectivity index is 1.38. The summed E-state index contributed by atoms with van der Waals surface area (Å²) in [5, 5.41) is 3.74. The van der Waals surface area contributed by atoms with Crippen LogP contribution in [0.2, 0.25) is 0 Å². The van der Waals surface area contributed by atoms with Crippen molar-refractivity contribution in [2.75, 3.05) is 24.2 Å². The van der Waals surface area contributed by atoms with E-state index in [2.05, 4.69) is 15.3 Å². The zero-order valence-corrected chi connectivity index (χ0v) is 17.7. The quantitative estimate of drug-likeness (QED) is 0.670. The van der Waals surface area contributed by atoms with Gasteiger partial charge in [0.25, 0.3) is 0 Å². The van der Waals surface area contributed by atoms with E-state index in [9.17, 15) is 13.2 Å². The standard InChI is InChI=1S/C20H22N4O3S2/c1-2-29(26,27)24-11-9-14(10-12-24)19(25)23-18-8-7-15(13-21-18)20-22-16-5-3-4-6-17(16)28-20/h3-8,13-14H,2,9-12H2,1H3,(H,21,23,25). The van der Waals surface area contributed by atoms with E-state index < -0.39 is 10.0 Å². The van der Waals surface area contributed by atoms with Crippen LogP contribution in [0.25, 0.3) is 20.8 Å². The normalized spacial score (nSPS) is 16.2. The maximum absolute atomic E-state index is 12.5. The predicted octanol–water partition coefficient (Wildman–Crippen LogP) is 3.36. The summed E-state index contributed by atoms with van der Waals surface area (Å²) in [6.45, 7) is 2.41. The van der Waals surface area contributed by atoms with Crippen molar-refractivity contribution in [3.8, 4) is 10.6 Å². The Morgan fingerprint density at radius 3 is 2.62 bits per heavy atom. The molecule has 1 amide bonds. The Labute approximate surface area is 173 Å². The number of nitrogens with one attached hydrogen (secondary N) is 1. The summed E-state index contributed by atoms with van der Waals surface area (Å²) in [6, 6.07) is 11.6. The second-order valence-electron chi connectivity index (χ2n) is 6.98. The number of hydrogen-bond donors (Lipinski definition) is 1. The van der Waals surface area contributed by atoms with Gasteiger partial charge in [0.05, 0.1) is 16.0 Å². The lowest BCUT2D eigenvalue weighted by Gasteiger charge is -2.30. The summed E-state index contributed by atoms with van der Waals surface area (Å²) in [7, 11) is -3.19. The van der Waals surface area contributed by atoms with E-state index >= 15 is 0 Å². The van der Waals surface area contributed by atoms with Crippen LogP contribution < -0.4 is 5.32 Å². The lowest BCUT2D eigenvalue weighted by Crippen LogP contribution is -2.42. The fourth-order valence-electron chi connectivity index (χ4n) is 3.40. The molecular formula is C20H22N4O3S2. The summed E-state index contributed by atoms with van der Waals surface area (Å²) >= 11 is 1.60. The van der Waals surface area contributed by atoms with Gasteiger partial charge in [0.15, 0.2) is 0 Å². The van der Waals surface area contributed by atoms with Crippen LogP contribution in [0.15, 0.2) is 42.6 Å². The van der Waals surface area contributed by atoms with Crippen molar-refractivity contribution in [1.29, 1.82) is 0 Å². The molecule has 1 aromatic carbocycles. The van der Waals surface area contributed by atoms with Crippen molar-refractivity contribution >= 4 is 43.3 Å². The van der Waals surface area contributed by atoms with Crippen LogP contribution in [-0.2, 0) is 14.8 Å². The second kappa shape index (κ2) is 8.17. The SMILES string of the molecule is CCS(=O)(=O)N1CCC(C(=O)Nc2ccc(-c3nc4ccccc4s3)cn2)CC1. The fourth-order valence-corrected chi connectivity index (χ4v) is 5.49. The van der Waals surface area contributed by atoms with Crippen molar-refractivity contribution in [1.82, 2.24) is 14.3 Å². The van der Waals surface area contributed by atoms with Gasteiger partial charge >= 0.3 is 0 Å². The summed E-state index contributed by atoms with van der Waals surface area (Å²) < 4.78 is 26.5. The molecule has 4 rings (SSSR count). The summed E-state index contributed by atoms with van der Waals surface area (Å²) in [4.78, 5) is 21.5. The Bertz CT molecular complexity index is 1090. The highest BCUT2D eigenvalue weighted by Gasteiger charge is 2.30. The molecule has 0 radical (unpaired) electrons. The first-order valence-corrected chi connectivity index (χ1v) is 12.0. The Morgan fingerprint density at radius 1 is 1.21 bits per heavy atom. The molecule has 1 saturated heterocycles. The zero-order valence-electron chi connectivity index (χ0n) is 16.0. The molecule has 0 saturated carbocycles. The molecule has 3 aromatic rings. The van der Waals surface area contributed by atoms with Crippen LogP contribution >= 0.6 is 11.3 Å². The molecule has 152 valence electrons. The number of amides is 1. The number of rotatable bonds is 5. The van der Waals surface area contributed by atoms with Crippen molar-refractivity contribution in [2.45, 2.75) is 19.8 Å². The first kappa shape index (κ1) is 19.9. The van der Waals surface area contributed by atoms with Crippen molar-refractivity contribution in [2.24, 2.45) is 5.92 Å². The number of nitrogens with zero attached hydrogens (tertiary/aromatic N) is 3. The number of carbonyl (C=O) groups is 1. The van der Waals surface area contributed by atoms with Gasteiger partial charge in [0.2, 0.25) is 15.9 Å². The zero-order chi connectivity index (χ0) is 20.4. The number of pyridine rings is 1. The number of aromatic nitrogens is 2. The number of sulfonamides is 1. The Kier molecular flexibility index (Phi) is 5.62. The lowest BCUT2D eigenvalue weighted by atomic mass is 9.97. The monoisotopic (exact) mass is 430 g/mol. The number of thiazole rings is 1. The van der Waals surface area contributed by atoms with Gasteiger partial charge in [0, 0.05) is 30.8 Å². The minimum atomic E-state index is -3.19. The summed E-state index contributed by atoms with van der Waals surface area (Å²) in [5.41, 5.74) is 1.86. The van der Waals surface area contributed by atoms with Crippen molar-refractivity contribution in [3.05, 3.63) is 42.6 Å². The van der Waals surface area contributed by atoms with Gasteiger partial charge in [-0.25, -0.2) is 22.7 Å². The minimum Gasteiger partial charge on any atom is -0.310 e. The number of benzene rings is 1. The molecule has 0 atom stereocenters. The highest BCUT2D eigenvalue weighted by atomic mass is 32.2. The Morgan fingerprint density at radius 2 is 1.97 bits per heavy atom. The largest absolute Gasteiger partial charge is 0.310 e. The molecule has 9 heteroatoms. The summed E-state index contributed by atoms with van der Waals surface area (Å²) in [6.07, 6.45) is 2.76. The number of carbonyl (C=O) groups excluding carboxylic acids is 1. The molecule has 1 fully saturated rings. The van der Waals surface area contributed by atoms with E-state index in [0.29, 0.717) is 31.7 Å². The van der Waals surface area contributed by atoms with Gasteiger partial charge in [-0.15, -0.1) is 11.3 Å². The third-order valence-electron chi connectivity index (χ3n) is 5.14. The van der Waals surface area contributed by atoms with E-state index in [1.807, 2.05) is 30.3 Å². The predicted molar refractivity (Wildman–Crippen MR) is 115 cm³/mol. The molecular weight excluding hydrogens is 408 g/mol. The van der Waals surface area contributed by atoms with Crippen molar-refractivity contribution in [3.63, 3.8) is 0 Å². The molecule has 0 spiro atoms. The highest BCUT2D eigenvalue weighted by Crippen LogP contribution is 2.30. The third-order valence-corrected chi connectivity index (χ3v) is 8.11. The van der Waals surface area contributed by atoms with E-state index in [1.165, 1.54) is 4.31 Å². The van der Waals surface area contributed by atoms with Crippen LogP contribution in [0.3, 0.4) is 0 Å². The summed E-state index contributed by atoms with van der Waals surface area (Å²) in [5.74, 6) is 0.265. The molecule has 0 unspecified atom stereocenters. The number of anilines is 1. The number of hydrogen-bond acceptors (Lipinski definition) is 6. The molecule has 0 aliphatic carbocycles. The third kappa shape index (κ3) is 4.31. The van der Waals surface area contributed by atoms with Gasteiger partial charge in [-0.1, -0.05) is 12.1 Å². The first-order valence-electron chi connectivity index (χ1n) is 9.57. The van der Waals surface area contributed by atoms with Gasteiger partial charge < -0.3 is 5.32 Å². The van der Waals surface area contributed by atoms with Crippen LogP contribution in [0.1, 0.15) is 19.8 Å². The number of piperidine rings is 1. The fraction of sp³-hybridized carbons (Fsp3) is 0.350. The van der Waals surface area contributed by atoms with Crippen LogP contribution in [0.4, 0.5) is 5.82 Å². The van der Waals surface area contributed by atoms with E-state index in [1.54, 1.807) is 30.5 Å². The molecule has 1 N–H and O–H groups in total. The molecule has 7 nitrogen and oxygen atoms in total. The number of fused-ring (bicyclic) bond motifs is 1. The molecule has 3 heterocycles. The minimum absolute atomic E-state index is 0.0921. The van der Waals surface area contributed by atoms with E-state index in [-0.39, 0.29) is 17.6 Å². The van der Waals surface area contributed by atoms with Crippen LogP contribution in [0, 0.1) is 5.92 Å². The number of para-hydroxylation sites is 1. The van der Waals surface area contributed by atoms with Crippen LogP contribution in [0.5, 0.6) is 0 Å². The lowest BCUT2D eigenvalue weighted by molar-refractivity contribution is -0.120. The maximum Gasteiger partial charge on any atom is 0.228 e. The molecule has 1 aliphatic heterocycles. The van der Waals surface area contributed by atoms with E-state index in [0.717, 1.165) is 20.8 Å². The topological polar surface area (TPSA) is 92.3 Å². The second-order valence-corrected chi connectivity index (χ2v) is 10.3. The van der Waals surface area contributed by atoms with Crippen LogP contribution in [-0.4, -0.2) is 47.4 Å². The molecule has 29 heavy (non-hydrogen) atoms. The highest BCUT2D eigenvalue weighted by molar-refractivity contribution is 7.89. The van der Waals surface area contributed by atoms with Gasteiger partial charge in [-0.2, -0.15) is 0 Å². The van der Waals surface area contributed by atoms with Gasteiger partial charge in [-0.05, 0) is 44.0 Å². The smallest absolute Gasteiger partial charge is 0.228 e. The first-order chi connectivity index (χ1) is 14.0. The van der Waals surface area contributed by atoms with E-state index in [4.69, 9.17) is 0 Å². The average molecular weight is 431 g/mol. The molecule has 1 aliphatic rings.